The van der Waals surface area contributed by atoms with Gasteiger partial charge in [0.05, 0.1) is 29.7 Å². The molecule has 0 aliphatic carbocycles. The van der Waals surface area contributed by atoms with E-state index in [1.807, 2.05) is 0 Å². The van der Waals surface area contributed by atoms with Gasteiger partial charge in [0.15, 0.2) is 0 Å². The van der Waals surface area contributed by atoms with Crippen molar-refractivity contribution < 1.29 is 77.6 Å². The molecule has 0 radical (unpaired) electrons. The van der Waals surface area contributed by atoms with Crippen LogP contribution in [0.1, 0.15) is 37.5 Å². The van der Waals surface area contributed by atoms with Crippen LogP contribution in [0.3, 0.4) is 0 Å². The minimum absolute atomic E-state index is 0.448. The van der Waals surface area contributed by atoms with Crippen molar-refractivity contribution in [2.45, 2.75) is 36.3 Å². The third-order valence-electron chi connectivity index (χ3n) is 3.99. The molecule has 186 valence electrons. The fraction of sp³-hybridized carbons (Fsp3) is 0.438. The lowest BCUT2D eigenvalue weighted by Crippen LogP contribution is -2.70. The van der Waals surface area contributed by atoms with Gasteiger partial charge in [-0.1, -0.05) is 0 Å². The van der Waals surface area contributed by atoms with Crippen LogP contribution in [0.25, 0.3) is 0 Å². The van der Waals surface area contributed by atoms with Gasteiger partial charge in [0.25, 0.3) is 0 Å². The number of esters is 1. The maximum atomic E-state index is 13.6. The number of hydrogen-bond acceptors (Lipinski definition) is 4. The average Bonchev–Trinajstić information content (AvgIpc) is 2.64. The molecule has 0 aliphatic heterocycles. The molecule has 1 aromatic carbocycles. The third kappa shape index (κ3) is 5.11. The van der Waals surface area contributed by atoms with E-state index in [4.69, 9.17) is 10.2 Å². The normalized spacial score (nSPS) is 13.5. The molecule has 0 spiro atoms. The molecule has 0 bridgehead atoms. The van der Waals surface area contributed by atoms with Gasteiger partial charge in [0.1, 0.15) is 0 Å². The summed E-state index contributed by atoms with van der Waals surface area (Å²) >= 11 is 0. The summed E-state index contributed by atoms with van der Waals surface area (Å²) in [5, 5.41) is 17.7. The van der Waals surface area contributed by atoms with E-state index >= 15 is 0 Å². The van der Waals surface area contributed by atoms with Gasteiger partial charge in [-0.05, 0) is 18.2 Å². The number of carbonyl (C=O) groups is 3. The first kappa shape index (κ1) is 27.9. The van der Waals surface area contributed by atoms with Crippen molar-refractivity contribution in [3.63, 3.8) is 0 Å². The number of carbonyl (C=O) groups excluding carboxylic acids is 1. The number of hydrogen-bond donors (Lipinski definition) is 2. The van der Waals surface area contributed by atoms with Crippen LogP contribution in [0.4, 0.5) is 48.3 Å². The van der Waals surface area contributed by atoms with Gasteiger partial charge < -0.3 is 14.9 Å². The maximum Gasteiger partial charge on any atom is 0.438 e. The SMILES string of the molecule is O=C(O)c1cc(C(=O)O)cc(C(=O)OCCC(F)(F)C(F)(F)C(F)(C(F)(F)F)C(F)(F)F)c1. The average molecular weight is 506 g/mol. The van der Waals surface area contributed by atoms with E-state index in [1.54, 1.807) is 0 Å². The fourth-order valence-corrected chi connectivity index (χ4v) is 2.27. The van der Waals surface area contributed by atoms with E-state index in [1.165, 1.54) is 0 Å². The molecule has 1 aromatic rings. The predicted octanol–water partition coefficient (Wildman–Crippen LogP) is 4.73. The second-order valence-corrected chi connectivity index (χ2v) is 6.23. The van der Waals surface area contributed by atoms with E-state index in [0.29, 0.717) is 18.2 Å². The van der Waals surface area contributed by atoms with Gasteiger partial charge in [-0.3, -0.25) is 0 Å². The summed E-state index contributed by atoms with van der Waals surface area (Å²) in [5.74, 6) is -19.2. The van der Waals surface area contributed by atoms with E-state index in [9.17, 15) is 62.7 Å². The van der Waals surface area contributed by atoms with E-state index in [2.05, 4.69) is 4.74 Å². The van der Waals surface area contributed by atoms with Crippen molar-refractivity contribution in [3.8, 4) is 0 Å². The van der Waals surface area contributed by atoms with E-state index in [-0.39, 0.29) is 0 Å². The van der Waals surface area contributed by atoms with Crippen LogP contribution in [0.15, 0.2) is 18.2 Å². The number of rotatable bonds is 8. The molecule has 0 saturated carbocycles. The molecule has 0 atom stereocenters. The quantitative estimate of drug-likeness (QED) is 0.391. The monoisotopic (exact) mass is 506 g/mol. The lowest BCUT2D eigenvalue weighted by molar-refractivity contribution is -0.427. The van der Waals surface area contributed by atoms with Gasteiger partial charge in [0.2, 0.25) is 0 Å². The van der Waals surface area contributed by atoms with Gasteiger partial charge in [-0.2, -0.15) is 43.9 Å². The smallest absolute Gasteiger partial charge is 0.438 e. The van der Waals surface area contributed by atoms with Crippen LogP contribution in [0, 0.1) is 0 Å². The number of benzene rings is 1. The van der Waals surface area contributed by atoms with Crippen molar-refractivity contribution in [1.82, 2.24) is 0 Å². The molecule has 0 saturated heterocycles. The van der Waals surface area contributed by atoms with Gasteiger partial charge >= 0.3 is 47.8 Å². The molecular weight excluding hydrogens is 497 g/mol. The Morgan fingerprint density at radius 3 is 1.39 bits per heavy atom. The molecule has 0 amide bonds. The molecule has 0 unspecified atom stereocenters. The number of halogens is 11. The minimum Gasteiger partial charge on any atom is -0.478 e. The van der Waals surface area contributed by atoms with Crippen LogP contribution < -0.4 is 0 Å². The number of aromatic carboxylic acids is 2. The highest BCUT2D eigenvalue weighted by molar-refractivity contribution is 5.99. The second kappa shape index (κ2) is 8.66. The standard InChI is InChI=1S/C16H9F11O6/c17-12(18,14(20,21)13(19,15(22,23)24)16(25,26)27)1-2-33-11(32)8-4-6(9(28)29)3-7(5-8)10(30)31/h3-5H,1-2H2,(H,28,29)(H,30,31). The molecule has 0 heterocycles. The van der Waals surface area contributed by atoms with Crippen molar-refractivity contribution in [2.24, 2.45) is 0 Å². The van der Waals surface area contributed by atoms with Crippen molar-refractivity contribution in [3.05, 3.63) is 34.9 Å². The molecule has 33 heavy (non-hydrogen) atoms. The largest absolute Gasteiger partial charge is 0.478 e. The molecule has 0 fully saturated rings. The second-order valence-electron chi connectivity index (χ2n) is 6.23. The predicted molar refractivity (Wildman–Crippen MR) is 81.1 cm³/mol. The Kier molecular flexibility index (Phi) is 7.32. The molecular formula is C16H9F11O6. The zero-order valence-electron chi connectivity index (χ0n) is 15.3. The van der Waals surface area contributed by atoms with E-state index in [0.717, 1.165) is 0 Å². The number of ether oxygens (including phenoxy) is 1. The molecule has 6 nitrogen and oxygen atoms in total. The van der Waals surface area contributed by atoms with Crippen LogP contribution in [0.2, 0.25) is 0 Å². The highest BCUT2D eigenvalue weighted by atomic mass is 19.4. The zero-order valence-corrected chi connectivity index (χ0v) is 15.3. The van der Waals surface area contributed by atoms with Crippen molar-refractivity contribution >= 4 is 17.9 Å². The Balaban J connectivity index is 3.15. The maximum absolute atomic E-state index is 13.6. The summed E-state index contributed by atoms with van der Waals surface area (Å²) in [6.07, 6.45) is -17.8. The topological polar surface area (TPSA) is 101 Å². The zero-order chi connectivity index (χ0) is 26.2. The number of carboxylic acids is 2. The lowest BCUT2D eigenvalue weighted by atomic mass is 9.89. The minimum atomic E-state index is -7.66. The Hall–Kier alpha value is -3.14. The summed E-state index contributed by atoms with van der Waals surface area (Å²) in [5.41, 5.74) is -10.3. The Bertz CT molecular complexity index is 890. The Labute approximate surface area is 174 Å². The van der Waals surface area contributed by atoms with Gasteiger partial charge in [0, 0.05) is 0 Å². The van der Waals surface area contributed by atoms with Crippen molar-refractivity contribution in [1.29, 1.82) is 0 Å². The van der Waals surface area contributed by atoms with Gasteiger partial charge in [-0.15, -0.1) is 0 Å². The molecule has 0 aromatic heterocycles. The Morgan fingerprint density at radius 1 is 0.697 bits per heavy atom. The van der Waals surface area contributed by atoms with Crippen LogP contribution in [0.5, 0.6) is 0 Å². The first-order valence-electron chi connectivity index (χ1n) is 7.97. The summed E-state index contributed by atoms with van der Waals surface area (Å²) in [6.45, 7) is -1.99. The van der Waals surface area contributed by atoms with Gasteiger partial charge in [-0.25, -0.2) is 18.8 Å². The van der Waals surface area contributed by atoms with Crippen LogP contribution in [-0.2, 0) is 4.74 Å². The number of carboxylic acid groups (broad SMARTS) is 2. The summed E-state index contributed by atoms with van der Waals surface area (Å²) < 4.78 is 146. The van der Waals surface area contributed by atoms with Crippen LogP contribution >= 0.6 is 0 Å². The lowest BCUT2D eigenvalue weighted by Gasteiger charge is -2.39. The molecule has 17 heteroatoms. The highest BCUT2D eigenvalue weighted by Gasteiger charge is 2.89. The van der Waals surface area contributed by atoms with Crippen molar-refractivity contribution in [2.75, 3.05) is 6.61 Å². The number of alkyl halides is 11. The first-order chi connectivity index (χ1) is 14.6. The summed E-state index contributed by atoms with van der Waals surface area (Å²) in [6, 6.07) is 1.44. The van der Waals surface area contributed by atoms with E-state index < -0.39 is 77.5 Å². The fourth-order valence-electron chi connectivity index (χ4n) is 2.27. The Morgan fingerprint density at radius 2 is 1.06 bits per heavy atom. The highest BCUT2D eigenvalue weighted by Crippen LogP contribution is 2.59. The molecule has 1 rings (SSSR count). The molecule has 2 N–H and O–H groups in total. The summed E-state index contributed by atoms with van der Waals surface area (Å²) in [7, 11) is 0. The summed E-state index contributed by atoms with van der Waals surface area (Å²) in [4.78, 5) is 33.6. The first-order valence-corrected chi connectivity index (χ1v) is 7.97. The van der Waals surface area contributed by atoms with Crippen LogP contribution in [-0.4, -0.2) is 64.6 Å². The molecule has 0 aliphatic rings. The third-order valence-corrected chi connectivity index (χ3v) is 3.99.